The topological polar surface area (TPSA) is 43.5 Å². The summed E-state index contributed by atoms with van der Waals surface area (Å²) < 4.78 is 20.6. The van der Waals surface area contributed by atoms with Crippen molar-refractivity contribution in [2.75, 3.05) is 39.6 Å². The van der Waals surface area contributed by atoms with Gasteiger partial charge >= 0.3 is 0 Å². The predicted molar refractivity (Wildman–Crippen MR) is 50.3 cm³/mol. The molecule has 14 heavy (non-hydrogen) atoms. The van der Waals surface area contributed by atoms with E-state index in [2.05, 4.69) is 0 Å². The van der Waals surface area contributed by atoms with Gasteiger partial charge in [-0.2, -0.15) is 0 Å². The maximum atomic E-state index is 5.31. The number of rotatable bonds is 8. The third-order valence-electron chi connectivity index (χ3n) is 2.01. The van der Waals surface area contributed by atoms with Crippen molar-refractivity contribution in [1.29, 1.82) is 0 Å². The second kappa shape index (κ2) is 5.46. The molecule has 0 aromatic carbocycles. The Morgan fingerprint density at radius 3 is 1.71 bits per heavy atom. The molecule has 0 spiro atoms. The van der Waals surface area contributed by atoms with Gasteiger partial charge in [-0.3, -0.25) is 0 Å². The molecule has 2 saturated heterocycles. The van der Waals surface area contributed by atoms with Crippen LogP contribution in [0, 0.1) is 0 Å². The van der Waals surface area contributed by atoms with Crippen molar-refractivity contribution in [3.63, 3.8) is 0 Å². The summed E-state index contributed by atoms with van der Waals surface area (Å²) in [4.78, 5) is 0. The second-order valence-corrected chi connectivity index (χ2v) is 3.46. The first-order valence-electron chi connectivity index (χ1n) is 4.99. The molecule has 0 aromatic heterocycles. The first-order valence-corrected chi connectivity index (χ1v) is 4.99. The first-order chi connectivity index (χ1) is 6.95. The van der Waals surface area contributed by atoms with Gasteiger partial charge in [0.1, 0.15) is 12.2 Å². The minimum Gasteiger partial charge on any atom is -0.375 e. The highest BCUT2D eigenvalue weighted by atomic mass is 16.6. The van der Waals surface area contributed by atoms with Gasteiger partial charge in [0.2, 0.25) is 0 Å². The molecule has 4 heteroatoms. The fourth-order valence-electron chi connectivity index (χ4n) is 1.000. The lowest BCUT2D eigenvalue weighted by Gasteiger charge is -1.97. The van der Waals surface area contributed by atoms with Gasteiger partial charge < -0.3 is 18.9 Å². The van der Waals surface area contributed by atoms with E-state index in [-0.39, 0.29) is 0 Å². The maximum Gasteiger partial charge on any atom is 0.104 e. The average Bonchev–Trinajstić information content (AvgIpc) is 3.00. The van der Waals surface area contributed by atoms with Crippen LogP contribution in [0.2, 0.25) is 0 Å². The number of hydrogen-bond acceptors (Lipinski definition) is 4. The SMILES string of the molecule is C(=CCOCC1CO1)COCC1CO1. The zero-order valence-electron chi connectivity index (χ0n) is 8.19. The van der Waals surface area contributed by atoms with Crippen LogP contribution in [-0.2, 0) is 18.9 Å². The Balaban J connectivity index is 1.33. The van der Waals surface area contributed by atoms with Gasteiger partial charge in [-0.15, -0.1) is 0 Å². The molecule has 2 unspecified atom stereocenters. The molecule has 2 aliphatic rings. The zero-order valence-corrected chi connectivity index (χ0v) is 8.19. The van der Waals surface area contributed by atoms with Crippen LogP contribution in [0.4, 0.5) is 0 Å². The number of epoxide rings is 2. The van der Waals surface area contributed by atoms with E-state index in [1.807, 2.05) is 12.2 Å². The molecule has 0 aliphatic carbocycles. The molecule has 2 fully saturated rings. The Labute approximate surface area is 83.8 Å². The lowest BCUT2D eigenvalue weighted by atomic mass is 10.5. The molecule has 2 aliphatic heterocycles. The smallest absolute Gasteiger partial charge is 0.104 e. The van der Waals surface area contributed by atoms with Gasteiger partial charge in [-0.05, 0) is 0 Å². The minimum absolute atomic E-state index is 0.353. The molecule has 80 valence electrons. The van der Waals surface area contributed by atoms with E-state index >= 15 is 0 Å². The lowest BCUT2D eigenvalue weighted by Crippen LogP contribution is -2.02. The van der Waals surface area contributed by atoms with Crippen molar-refractivity contribution in [1.82, 2.24) is 0 Å². The van der Waals surface area contributed by atoms with Crippen molar-refractivity contribution >= 4 is 0 Å². The van der Waals surface area contributed by atoms with Gasteiger partial charge in [0.05, 0.1) is 39.6 Å². The summed E-state index contributed by atoms with van der Waals surface area (Å²) in [6, 6.07) is 0. The fourth-order valence-corrected chi connectivity index (χ4v) is 1.000. The summed E-state index contributed by atoms with van der Waals surface area (Å²) in [5.74, 6) is 0. The van der Waals surface area contributed by atoms with Crippen molar-refractivity contribution in [2.24, 2.45) is 0 Å². The average molecular weight is 200 g/mol. The third kappa shape index (κ3) is 4.72. The van der Waals surface area contributed by atoms with Crippen LogP contribution >= 0.6 is 0 Å². The molecular formula is C10H16O4. The van der Waals surface area contributed by atoms with Crippen molar-refractivity contribution < 1.29 is 18.9 Å². The summed E-state index contributed by atoms with van der Waals surface area (Å²) in [5, 5.41) is 0. The highest BCUT2D eigenvalue weighted by molar-refractivity contribution is 4.82. The van der Waals surface area contributed by atoms with Crippen LogP contribution < -0.4 is 0 Å². The van der Waals surface area contributed by atoms with Crippen molar-refractivity contribution in [3.8, 4) is 0 Å². The Kier molecular flexibility index (Phi) is 3.94. The molecule has 2 rings (SSSR count). The Morgan fingerprint density at radius 2 is 1.36 bits per heavy atom. The predicted octanol–water partition coefficient (Wildman–Crippen LogP) is 0.373. The molecule has 0 amide bonds. The Morgan fingerprint density at radius 1 is 0.929 bits per heavy atom. The highest BCUT2D eigenvalue weighted by Crippen LogP contribution is 2.08. The van der Waals surface area contributed by atoms with Gasteiger partial charge in [0.25, 0.3) is 0 Å². The molecule has 0 bridgehead atoms. The molecule has 0 saturated carbocycles. The molecule has 0 radical (unpaired) electrons. The standard InChI is InChI=1S/C10H16O4/c1(3-11-5-9-7-13-9)2-4-12-6-10-8-14-10/h1-2,9-10H,3-8H2. The minimum atomic E-state index is 0.353. The molecule has 4 nitrogen and oxygen atoms in total. The fraction of sp³-hybridized carbons (Fsp3) is 0.800. The van der Waals surface area contributed by atoms with E-state index in [1.54, 1.807) is 0 Å². The van der Waals surface area contributed by atoms with Crippen LogP contribution in [0.5, 0.6) is 0 Å². The van der Waals surface area contributed by atoms with Gasteiger partial charge in [-0.1, -0.05) is 12.2 Å². The molecule has 2 atom stereocenters. The van der Waals surface area contributed by atoms with Crippen molar-refractivity contribution in [3.05, 3.63) is 12.2 Å². The van der Waals surface area contributed by atoms with Gasteiger partial charge in [-0.25, -0.2) is 0 Å². The van der Waals surface area contributed by atoms with Crippen LogP contribution in [-0.4, -0.2) is 51.8 Å². The van der Waals surface area contributed by atoms with Gasteiger partial charge in [0, 0.05) is 0 Å². The Hall–Kier alpha value is -0.420. The van der Waals surface area contributed by atoms with Crippen LogP contribution in [0.3, 0.4) is 0 Å². The van der Waals surface area contributed by atoms with Crippen molar-refractivity contribution in [2.45, 2.75) is 12.2 Å². The Bertz CT molecular complexity index is 165. The van der Waals surface area contributed by atoms with E-state index < -0.39 is 0 Å². The summed E-state index contributed by atoms with van der Waals surface area (Å²) in [5.41, 5.74) is 0. The van der Waals surface area contributed by atoms with E-state index in [9.17, 15) is 0 Å². The summed E-state index contributed by atoms with van der Waals surface area (Å²) in [7, 11) is 0. The van der Waals surface area contributed by atoms with Gasteiger partial charge in [0.15, 0.2) is 0 Å². The second-order valence-electron chi connectivity index (χ2n) is 3.46. The van der Waals surface area contributed by atoms with E-state index in [0.29, 0.717) is 38.6 Å². The monoisotopic (exact) mass is 200 g/mol. The number of ether oxygens (including phenoxy) is 4. The van der Waals surface area contributed by atoms with Crippen LogP contribution in [0.25, 0.3) is 0 Å². The number of hydrogen-bond donors (Lipinski definition) is 0. The molecule has 0 aromatic rings. The molecule has 2 heterocycles. The highest BCUT2D eigenvalue weighted by Gasteiger charge is 2.22. The van der Waals surface area contributed by atoms with E-state index in [0.717, 1.165) is 13.2 Å². The third-order valence-corrected chi connectivity index (χ3v) is 2.01. The molecular weight excluding hydrogens is 184 g/mol. The largest absolute Gasteiger partial charge is 0.375 e. The normalized spacial score (nSPS) is 29.7. The van der Waals surface area contributed by atoms with E-state index in [4.69, 9.17) is 18.9 Å². The maximum absolute atomic E-state index is 5.31. The van der Waals surface area contributed by atoms with Crippen LogP contribution in [0.1, 0.15) is 0 Å². The first kappa shape index (κ1) is 10.1. The zero-order chi connectivity index (χ0) is 9.64. The van der Waals surface area contributed by atoms with Crippen LogP contribution in [0.15, 0.2) is 12.2 Å². The summed E-state index contributed by atoms with van der Waals surface area (Å²) in [6.45, 7) is 4.41. The molecule has 0 N–H and O–H groups in total. The quantitative estimate of drug-likeness (QED) is 0.322. The summed E-state index contributed by atoms with van der Waals surface area (Å²) >= 11 is 0. The lowest BCUT2D eigenvalue weighted by molar-refractivity contribution is 0.134. The summed E-state index contributed by atoms with van der Waals surface area (Å²) in [6.07, 6.45) is 4.64. The van der Waals surface area contributed by atoms with E-state index in [1.165, 1.54) is 0 Å².